The van der Waals surface area contributed by atoms with Crippen LogP contribution in [0.15, 0.2) is 24.3 Å². The highest BCUT2D eigenvalue weighted by Gasteiger charge is 2.21. The monoisotopic (exact) mass is 264 g/mol. The highest BCUT2D eigenvalue weighted by atomic mass is 16.6. The van der Waals surface area contributed by atoms with Gasteiger partial charge in [0.2, 0.25) is 0 Å². The van der Waals surface area contributed by atoms with Crippen molar-refractivity contribution in [3.8, 4) is 5.75 Å². The summed E-state index contributed by atoms with van der Waals surface area (Å²) in [7, 11) is 0. The van der Waals surface area contributed by atoms with Crippen molar-refractivity contribution in [1.82, 2.24) is 0 Å². The van der Waals surface area contributed by atoms with E-state index in [0.717, 1.165) is 5.56 Å². The van der Waals surface area contributed by atoms with Gasteiger partial charge < -0.3 is 9.47 Å². The summed E-state index contributed by atoms with van der Waals surface area (Å²) in [5.41, 5.74) is 0.724. The third-order valence-electron chi connectivity index (χ3n) is 2.51. The molecule has 0 heterocycles. The molecule has 4 nitrogen and oxygen atoms in total. The summed E-state index contributed by atoms with van der Waals surface area (Å²) in [6.45, 7) is 6.82. The summed E-state index contributed by atoms with van der Waals surface area (Å²) in [6, 6.07) is 7.13. The van der Waals surface area contributed by atoms with Gasteiger partial charge >= 0.3 is 11.9 Å². The number of rotatable bonds is 5. The van der Waals surface area contributed by atoms with Crippen LogP contribution in [0.25, 0.3) is 0 Å². The van der Waals surface area contributed by atoms with E-state index in [0.29, 0.717) is 18.1 Å². The van der Waals surface area contributed by atoms with E-state index < -0.39 is 12.1 Å². The number of hydrogen-bond donors (Lipinski definition) is 0. The third-order valence-corrected chi connectivity index (χ3v) is 2.51. The molecule has 0 aliphatic heterocycles. The van der Waals surface area contributed by atoms with Crippen LogP contribution in [0.1, 0.15) is 45.8 Å². The van der Waals surface area contributed by atoms with Gasteiger partial charge in [0.05, 0.1) is 0 Å². The van der Waals surface area contributed by atoms with E-state index >= 15 is 0 Å². The van der Waals surface area contributed by atoms with Gasteiger partial charge in [-0.2, -0.15) is 0 Å². The standard InChI is InChI=1S/C15H20O4/c1-10(2)9-15(19-12(4)17)13-7-5-6-8-14(13)18-11(3)16/h5-8,10,15H,9H2,1-4H3/t15-/m1/s1. The lowest BCUT2D eigenvalue weighted by molar-refractivity contribution is -0.147. The second-order valence-electron chi connectivity index (χ2n) is 4.86. The van der Waals surface area contributed by atoms with Crippen LogP contribution in [0.3, 0.4) is 0 Å². The van der Waals surface area contributed by atoms with Gasteiger partial charge in [-0.25, -0.2) is 0 Å². The lowest BCUT2D eigenvalue weighted by Crippen LogP contribution is -2.13. The fourth-order valence-electron chi connectivity index (χ4n) is 1.86. The van der Waals surface area contributed by atoms with Crippen LogP contribution in [-0.4, -0.2) is 11.9 Å². The number of esters is 2. The van der Waals surface area contributed by atoms with Crippen molar-refractivity contribution in [2.24, 2.45) is 5.92 Å². The lowest BCUT2D eigenvalue weighted by atomic mass is 9.98. The quantitative estimate of drug-likeness (QED) is 0.605. The summed E-state index contributed by atoms with van der Waals surface area (Å²) < 4.78 is 10.5. The first-order valence-corrected chi connectivity index (χ1v) is 6.34. The van der Waals surface area contributed by atoms with E-state index in [9.17, 15) is 9.59 Å². The molecular formula is C15H20O4. The molecule has 0 bridgehead atoms. The van der Waals surface area contributed by atoms with Gasteiger partial charge in [-0.15, -0.1) is 0 Å². The van der Waals surface area contributed by atoms with Crippen LogP contribution in [-0.2, 0) is 14.3 Å². The Labute approximate surface area is 113 Å². The summed E-state index contributed by atoms with van der Waals surface area (Å²) in [4.78, 5) is 22.3. The number of carbonyl (C=O) groups is 2. The first kappa shape index (κ1) is 15.2. The molecule has 0 saturated heterocycles. The number of ether oxygens (including phenoxy) is 2. The molecule has 0 spiro atoms. The maximum absolute atomic E-state index is 11.2. The molecule has 1 atom stereocenters. The van der Waals surface area contributed by atoms with Gasteiger partial charge in [0.15, 0.2) is 0 Å². The molecular weight excluding hydrogens is 244 g/mol. The molecule has 0 N–H and O–H groups in total. The summed E-state index contributed by atoms with van der Waals surface area (Å²) in [5, 5.41) is 0. The zero-order valence-electron chi connectivity index (χ0n) is 11.8. The Morgan fingerprint density at radius 1 is 1.11 bits per heavy atom. The molecule has 0 radical (unpaired) electrons. The highest BCUT2D eigenvalue weighted by Crippen LogP contribution is 2.32. The Kier molecular flexibility index (Phi) is 5.55. The number of benzene rings is 1. The molecule has 0 aliphatic carbocycles. The van der Waals surface area contributed by atoms with Gasteiger partial charge in [0.25, 0.3) is 0 Å². The first-order valence-electron chi connectivity index (χ1n) is 6.34. The molecule has 0 amide bonds. The SMILES string of the molecule is CC(=O)Oc1ccccc1[C@@H](CC(C)C)OC(C)=O. The van der Waals surface area contributed by atoms with Crippen molar-refractivity contribution in [2.75, 3.05) is 0 Å². The van der Waals surface area contributed by atoms with Gasteiger partial charge in [-0.1, -0.05) is 32.0 Å². The van der Waals surface area contributed by atoms with E-state index in [1.165, 1.54) is 13.8 Å². The minimum Gasteiger partial charge on any atom is -0.458 e. The second kappa shape index (κ2) is 6.92. The molecule has 1 aromatic rings. The van der Waals surface area contributed by atoms with Crippen LogP contribution in [0, 0.1) is 5.92 Å². The van der Waals surface area contributed by atoms with Gasteiger partial charge in [0, 0.05) is 19.4 Å². The minimum atomic E-state index is -0.395. The fraction of sp³-hybridized carbons (Fsp3) is 0.467. The van der Waals surface area contributed by atoms with Crippen molar-refractivity contribution in [3.63, 3.8) is 0 Å². The zero-order valence-corrected chi connectivity index (χ0v) is 11.8. The van der Waals surface area contributed by atoms with Gasteiger partial charge in [-0.3, -0.25) is 9.59 Å². The molecule has 1 aromatic carbocycles. The van der Waals surface area contributed by atoms with E-state index in [-0.39, 0.29) is 5.97 Å². The molecule has 0 aliphatic rings. The molecule has 19 heavy (non-hydrogen) atoms. The molecule has 4 heteroatoms. The zero-order chi connectivity index (χ0) is 14.4. The minimum absolute atomic E-state index is 0.344. The summed E-state index contributed by atoms with van der Waals surface area (Å²) in [6.07, 6.45) is 0.283. The van der Waals surface area contributed by atoms with E-state index in [4.69, 9.17) is 9.47 Å². The molecule has 104 valence electrons. The van der Waals surface area contributed by atoms with Gasteiger partial charge in [0.1, 0.15) is 11.9 Å². The van der Waals surface area contributed by atoms with E-state index in [2.05, 4.69) is 0 Å². The Bertz CT molecular complexity index is 451. The molecule has 1 rings (SSSR count). The number of hydrogen-bond acceptors (Lipinski definition) is 4. The molecule has 0 saturated carbocycles. The smallest absolute Gasteiger partial charge is 0.308 e. The largest absolute Gasteiger partial charge is 0.458 e. The van der Waals surface area contributed by atoms with Crippen molar-refractivity contribution < 1.29 is 19.1 Å². The highest BCUT2D eigenvalue weighted by molar-refractivity contribution is 5.70. The van der Waals surface area contributed by atoms with Crippen LogP contribution >= 0.6 is 0 Å². The van der Waals surface area contributed by atoms with Gasteiger partial charge in [-0.05, 0) is 18.4 Å². The molecule has 0 aromatic heterocycles. The lowest BCUT2D eigenvalue weighted by Gasteiger charge is -2.21. The fourth-order valence-corrected chi connectivity index (χ4v) is 1.86. The predicted octanol–water partition coefficient (Wildman–Crippen LogP) is 3.26. The maximum Gasteiger partial charge on any atom is 0.308 e. The second-order valence-corrected chi connectivity index (χ2v) is 4.86. The molecule has 0 unspecified atom stereocenters. The van der Waals surface area contributed by atoms with Crippen molar-refractivity contribution in [1.29, 1.82) is 0 Å². The third kappa shape index (κ3) is 5.12. The summed E-state index contributed by atoms with van der Waals surface area (Å²) in [5.74, 6) is 0.0680. The van der Waals surface area contributed by atoms with Crippen LogP contribution in [0.5, 0.6) is 5.75 Å². The van der Waals surface area contributed by atoms with Crippen molar-refractivity contribution >= 4 is 11.9 Å². The number of para-hydroxylation sites is 1. The average Bonchev–Trinajstić information content (AvgIpc) is 2.26. The van der Waals surface area contributed by atoms with Crippen LogP contribution in [0.4, 0.5) is 0 Å². The number of carbonyl (C=O) groups excluding carboxylic acids is 2. The van der Waals surface area contributed by atoms with E-state index in [1.54, 1.807) is 12.1 Å². The Morgan fingerprint density at radius 2 is 1.74 bits per heavy atom. The van der Waals surface area contributed by atoms with Crippen LogP contribution in [0.2, 0.25) is 0 Å². The Hall–Kier alpha value is -1.84. The predicted molar refractivity (Wildman–Crippen MR) is 71.7 cm³/mol. The average molecular weight is 264 g/mol. The first-order chi connectivity index (χ1) is 8.90. The van der Waals surface area contributed by atoms with Crippen LogP contribution < -0.4 is 4.74 Å². The Balaban J connectivity index is 3.05. The maximum atomic E-state index is 11.2. The topological polar surface area (TPSA) is 52.6 Å². The van der Waals surface area contributed by atoms with E-state index in [1.807, 2.05) is 26.0 Å². The molecule has 0 fully saturated rings. The van der Waals surface area contributed by atoms with Crippen molar-refractivity contribution in [3.05, 3.63) is 29.8 Å². The summed E-state index contributed by atoms with van der Waals surface area (Å²) >= 11 is 0. The van der Waals surface area contributed by atoms with Crippen molar-refractivity contribution in [2.45, 2.75) is 40.2 Å². The Morgan fingerprint density at radius 3 is 2.26 bits per heavy atom. The normalized spacial score (nSPS) is 12.1.